The van der Waals surface area contributed by atoms with E-state index in [-0.39, 0.29) is 0 Å². The molecule has 1 aromatic carbocycles. The van der Waals surface area contributed by atoms with Gasteiger partial charge in [0.05, 0.1) is 12.6 Å². The minimum absolute atomic E-state index is 0.353. The van der Waals surface area contributed by atoms with Crippen LogP contribution >= 0.6 is 15.9 Å². The third-order valence-electron chi connectivity index (χ3n) is 2.86. The van der Waals surface area contributed by atoms with Gasteiger partial charge in [0.2, 0.25) is 0 Å². The predicted octanol–water partition coefficient (Wildman–Crippen LogP) is 3.61. The second-order valence-electron chi connectivity index (χ2n) is 4.72. The van der Waals surface area contributed by atoms with E-state index in [0.29, 0.717) is 12.0 Å². The summed E-state index contributed by atoms with van der Waals surface area (Å²) in [4.78, 5) is 5.51. The van der Waals surface area contributed by atoms with Crippen molar-refractivity contribution in [2.45, 2.75) is 32.7 Å². The van der Waals surface area contributed by atoms with Crippen LogP contribution in [-0.4, -0.2) is 6.61 Å². The standard InChI is InChI=1S/C13H18BrNO/c1-9(2)8-16-15-13-7-6-10-11(13)4-3-5-12(10)14/h3-5,9,13,15H,6-8H2,1-2H3. The lowest BCUT2D eigenvalue weighted by Crippen LogP contribution is -2.22. The highest BCUT2D eigenvalue weighted by atomic mass is 79.9. The fourth-order valence-electron chi connectivity index (χ4n) is 2.05. The first kappa shape index (κ1) is 12.1. The lowest BCUT2D eigenvalue weighted by atomic mass is 10.1. The van der Waals surface area contributed by atoms with Gasteiger partial charge >= 0.3 is 0 Å². The van der Waals surface area contributed by atoms with Crippen molar-refractivity contribution in [1.82, 2.24) is 5.48 Å². The van der Waals surface area contributed by atoms with Gasteiger partial charge in [0.15, 0.2) is 0 Å². The molecule has 2 nitrogen and oxygen atoms in total. The topological polar surface area (TPSA) is 21.3 Å². The van der Waals surface area contributed by atoms with Crippen LogP contribution < -0.4 is 5.48 Å². The van der Waals surface area contributed by atoms with E-state index in [4.69, 9.17) is 4.84 Å². The lowest BCUT2D eigenvalue weighted by Gasteiger charge is -2.15. The lowest BCUT2D eigenvalue weighted by molar-refractivity contribution is 0.000636. The fraction of sp³-hybridized carbons (Fsp3) is 0.538. The van der Waals surface area contributed by atoms with Gasteiger partial charge in [-0.1, -0.05) is 41.9 Å². The molecular weight excluding hydrogens is 266 g/mol. The van der Waals surface area contributed by atoms with Gasteiger partial charge in [-0.25, -0.2) is 0 Å². The monoisotopic (exact) mass is 283 g/mol. The molecule has 1 atom stereocenters. The van der Waals surface area contributed by atoms with Crippen molar-refractivity contribution < 1.29 is 4.84 Å². The summed E-state index contributed by atoms with van der Waals surface area (Å²) in [6.07, 6.45) is 2.25. The zero-order chi connectivity index (χ0) is 11.5. The molecule has 1 unspecified atom stereocenters. The highest BCUT2D eigenvalue weighted by Crippen LogP contribution is 2.35. The van der Waals surface area contributed by atoms with E-state index in [1.54, 1.807) is 0 Å². The van der Waals surface area contributed by atoms with Gasteiger partial charge in [0, 0.05) is 4.47 Å². The van der Waals surface area contributed by atoms with Crippen molar-refractivity contribution in [3.8, 4) is 0 Å². The molecule has 88 valence electrons. The molecule has 2 rings (SSSR count). The van der Waals surface area contributed by atoms with Crippen LogP contribution in [0.5, 0.6) is 0 Å². The first-order valence-electron chi connectivity index (χ1n) is 5.83. The van der Waals surface area contributed by atoms with Crippen LogP contribution in [0.4, 0.5) is 0 Å². The maximum Gasteiger partial charge on any atom is 0.0705 e. The molecule has 0 saturated carbocycles. The number of hydroxylamine groups is 1. The summed E-state index contributed by atoms with van der Waals surface area (Å²) in [5.74, 6) is 0.566. The van der Waals surface area contributed by atoms with Crippen LogP contribution in [0.25, 0.3) is 0 Å². The third kappa shape index (κ3) is 2.65. The number of hydrogen-bond acceptors (Lipinski definition) is 2. The Balaban J connectivity index is 1.98. The van der Waals surface area contributed by atoms with Gasteiger partial charge in [0.25, 0.3) is 0 Å². The summed E-state index contributed by atoms with van der Waals surface area (Å²) < 4.78 is 1.22. The van der Waals surface area contributed by atoms with Gasteiger partial charge in [-0.2, -0.15) is 5.48 Å². The van der Waals surface area contributed by atoms with Crippen molar-refractivity contribution in [1.29, 1.82) is 0 Å². The maximum absolute atomic E-state index is 5.51. The molecule has 1 N–H and O–H groups in total. The Bertz CT molecular complexity index is 365. The number of hydrogen-bond donors (Lipinski definition) is 1. The molecule has 0 aromatic heterocycles. The van der Waals surface area contributed by atoms with Crippen LogP contribution in [0.2, 0.25) is 0 Å². The quantitative estimate of drug-likeness (QED) is 0.853. The van der Waals surface area contributed by atoms with E-state index in [9.17, 15) is 0 Å². The largest absolute Gasteiger partial charge is 0.301 e. The fourth-order valence-corrected chi connectivity index (χ4v) is 2.63. The van der Waals surface area contributed by atoms with Crippen LogP contribution in [0.15, 0.2) is 22.7 Å². The van der Waals surface area contributed by atoms with E-state index >= 15 is 0 Å². The van der Waals surface area contributed by atoms with E-state index in [1.807, 2.05) is 0 Å². The van der Waals surface area contributed by atoms with E-state index in [1.165, 1.54) is 15.6 Å². The number of nitrogens with one attached hydrogen (secondary N) is 1. The van der Waals surface area contributed by atoms with Gasteiger partial charge in [-0.05, 0) is 36.0 Å². The SMILES string of the molecule is CC(C)CONC1CCc2c(Br)cccc21. The molecule has 1 aliphatic rings. The predicted molar refractivity (Wildman–Crippen MR) is 69.1 cm³/mol. The first-order valence-corrected chi connectivity index (χ1v) is 6.62. The Morgan fingerprint density at radius 1 is 1.50 bits per heavy atom. The summed E-state index contributed by atoms with van der Waals surface area (Å²) in [6.45, 7) is 5.07. The molecule has 0 spiro atoms. The van der Waals surface area contributed by atoms with E-state index in [0.717, 1.165) is 19.4 Å². The average Bonchev–Trinajstić information content (AvgIpc) is 2.63. The molecule has 0 aliphatic heterocycles. The molecule has 0 radical (unpaired) electrons. The normalized spacial score (nSPS) is 19.1. The Morgan fingerprint density at radius 3 is 3.06 bits per heavy atom. The molecular formula is C13H18BrNO. The summed E-state index contributed by atoms with van der Waals surface area (Å²) >= 11 is 3.60. The Hall–Kier alpha value is -0.380. The molecule has 0 heterocycles. The molecule has 0 saturated heterocycles. The molecule has 3 heteroatoms. The molecule has 16 heavy (non-hydrogen) atoms. The van der Waals surface area contributed by atoms with Gasteiger partial charge < -0.3 is 4.84 Å². The highest BCUT2D eigenvalue weighted by Gasteiger charge is 2.23. The van der Waals surface area contributed by atoms with Crippen LogP contribution in [0.1, 0.15) is 37.4 Å². The maximum atomic E-state index is 5.51. The van der Waals surface area contributed by atoms with E-state index < -0.39 is 0 Å². The van der Waals surface area contributed by atoms with Crippen LogP contribution in [0, 0.1) is 5.92 Å². The summed E-state index contributed by atoms with van der Waals surface area (Å²) in [5.41, 5.74) is 5.97. The second kappa shape index (κ2) is 5.30. The van der Waals surface area contributed by atoms with Crippen molar-refractivity contribution in [3.63, 3.8) is 0 Å². The molecule has 1 aromatic rings. The smallest absolute Gasteiger partial charge is 0.0705 e. The van der Waals surface area contributed by atoms with Crippen molar-refractivity contribution in [3.05, 3.63) is 33.8 Å². The Morgan fingerprint density at radius 2 is 2.31 bits per heavy atom. The van der Waals surface area contributed by atoms with E-state index in [2.05, 4.69) is 53.5 Å². The second-order valence-corrected chi connectivity index (χ2v) is 5.58. The van der Waals surface area contributed by atoms with Gasteiger partial charge in [-0.15, -0.1) is 0 Å². The Kier molecular flexibility index (Phi) is 4.00. The molecule has 1 aliphatic carbocycles. The zero-order valence-corrected chi connectivity index (χ0v) is 11.4. The number of fused-ring (bicyclic) bond motifs is 1. The Labute approximate surface area is 105 Å². The van der Waals surface area contributed by atoms with Gasteiger partial charge in [-0.3, -0.25) is 0 Å². The van der Waals surface area contributed by atoms with Crippen molar-refractivity contribution >= 4 is 15.9 Å². The minimum atomic E-state index is 0.353. The highest BCUT2D eigenvalue weighted by molar-refractivity contribution is 9.10. The number of halogens is 1. The third-order valence-corrected chi connectivity index (χ3v) is 3.60. The summed E-state index contributed by atoms with van der Waals surface area (Å²) in [6, 6.07) is 6.73. The number of rotatable bonds is 4. The minimum Gasteiger partial charge on any atom is -0.301 e. The zero-order valence-electron chi connectivity index (χ0n) is 9.79. The van der Waals surface area contributed by atoms with Crippen LogP contribution in [-0.2, 0) is 11.3 Å². The molecule has 0 fully saturated rings. The van der Waals surface area contributed by atoms with Crippen molar-refractivity contribution in [2.24, 2.45) is 5.92 Å². The number of benzene rings is 1. The average molecular weight is 284 g/mol. The summed E-state index contributed by atoms with van der Waals surface area (Å²) in [7, 11) is 0. The first-order chi connectivity index (χ1) is 7.68. The van der Waals surface area contributed by atoms with Gasteiger partial charge in [0.1, 0.15) is 0 Å². The molecule has 0 bridgehead atoms. The summed E-state index contributed by atoms with van der Waals surface area (Å²) in [5, 5.41) is 0. The van der Waals surface area contributed by atoms with Crippen molar-refractivity contribution in [2.75, 3.05) is 6.61 Å². The van der Waals surface area contributed by atoms with Crippen LogP contribution in [0.3, 0.4) is 0 Å². The molecule has 0 amide bonds.